The van der Waals surface area contributed by atoms with Gasteiger partial charge in [0.25, 0.3) is 0 Å². The number of nitrogens with zero attached hydrogens (tertiary/aromatic N) is 1. The fourth-order valence-electron chi connectivity index (χ4n) is 5.01. The fraction of sp³-hybridized carbons (Fsp3) is 0.682. The quantitative estimate of drug-likeness (QED) is 0.0220. The Hall–Kier alpha value is -2.55. The van der Waals surface area contributed by atoms with Crippen LogP contribution in [-0.2, 0) is 32.7 Å². The number of carbonyl (C=O) groups excluding carboxylic acids is 2. The number of esters is 2. The smallest absolute Gasteiger partial charge is 0.462 e. The van der Waals surface area contributed by atoms with Gasteiger partial charge in [0.15, 0.2) is 6.10 Å². The average molecular weight is 779 g/mol. The van der Waals surface area contributed by atoms with Crippen LogP contribution in [0.5, 0.6) is 0 Å². The van der Waals surface area contributed by atoms with Crippen molar-refractivity contribution in [2.24, 2.45) is 0 Å². The van der Waals surface area contributed by atoms with Crippen LogP contribution in [0.2, 0.25) is 0 Å². The van der Waals surface area contributed by atoms with Gasteiger partial charge in [-0.25, -0.2) is 4.57 Å². The second-order valence-corrected chi connectivity index (χ2v) is 16.2. The van der Waals surface area contributed by atoms with Crippen LogP contribution >= 0.6 is 7.82 Å². The molecule has 0 aliphatic rings. The van der Waals surface area contributed by atoms with Crippen LogP contribution in [0.15, 0.2) is 72.9 Å². The molecule has 1 N–H and O–H groups in total. The van der Waals surface area contributed by atoms with Crippen LogP contribution in [0.4, 0.5) is 0 Å². The maximum atomic E-state index is 12.6. The minimum absolute atomic E-state index is 0.0178. The molecule has 0 rings (SSSR count). The zero-order valence-electron chi connectivity index (χ0n) is 34.7. The molecule has 10 heteroatoms. The minimum atomic E-state index is -4.39. The monoisotopic (exact) mass is 779 g/mol. The summed E-state index contributed by atoms with van der Waals surface area (Å²) in [6, 6.07) is 0. The highest BCUT2D eigenvalue weighted by Crippen LogP contribution is 2.43. The maximum absolute atomic E-state index is 12.6. The van der Waals surface area contributed by atoms with Crippen LogP contribution in [0.1, 0.15) is 142 Å². The lowest BCUT2D eigenvalue weighted by atomic mass is 10.1. The fourth-order valence-corrected chi connectivity index (χ4v) is 5.76. The first-order valence-electron chi connectivity index (χ1n) is 20.7. The number of phosphoric acid groups is 1. The van der Waals surface area contributed by atoms with Gasteiger partial charge in [-0.15, -0.1) is 0 Å². The van der Waals surface area contributed by atoms with E-state index in [1.807, 2.05) is 27.2 Å². The minimum Gasteiger partial charge on any atom is -0.462 e. The lowest BCUT2D eigenvalue weighted by Gasteiger charge is -2.24. The molecule has 0 bridgehead atoms. The topological polar surface area (TPSA) is 108 Å². The number of unbranched alkanes of at least 4 members (excludes halogenated alkanes) is 14. The Morgan fingerprint density at radius 3 is 1.44 bits per heavy atom. The lowest BCUT2D eigenvalue weighted by Crippen LogP contribution is -2.37. The molecular weight excluding hydrogens is 701 g/mol. The van der Waals surface area contributed by atoms with E-state index < -0.39 is 32.5 Å². The second-order valence-electron chi connectivity index (χ2n) is 14.8. The third kappa shape index (κ3) is 39.2. The Morgan fingerprint density at radius 1 is 0.574 bits per heavy atom. The number of rotatable bonds is 36. The van der Waals surface area contributed by atoms with E-state index in [4.69, 9.17) is 18.5 Å². The molecule has 0 aliphatic carbocycles. The molecule has 0 aromatic heterocycles. The Balaban J connectivity index is 4.53. The van der Waals surface area contributed by atoms with E-state index in [9.17, 15) is 19.0 Å². The molecular formula is C44H77NO8P+. The molecule has 2 unspecified atom stereocenters. The average Bonchev–Trinajstić information content (AvgIpc) is 3.12. The van der Waals surface area contributed by atoms with Crippen molar-refractivity contribution in [1.82, 2.24) is 0 Å². The summed E-state index contributed by atoms with van der Waals surface area (Å²) < 4.78 is 34.2. The summed E-state index contributed by atoms with van der Waals surface area (Å²) >= 11 is 0. The molecule has 0 amide bonds. The number of allylic oxidation sites excluding steroid dienone is 12. The molecule has 0 saturated heterocycles. The number of ether oxygens (including phenoxy) is 2. The summed E-state index contributed by atoms with van der Waals surface area (Å²) in [6.07, 6.45) is 43.7. The largest absolute Gasteiger partial charge is 0.472 e. The van der Waals surface area contributed by atoms with Gasteiger partial charge in [-0.05, 0) is 64.2 Å². The van der Waals surface area contributed by atoms with Crippen molar-refractivity contribution in [2.45, 2.75) is 148 Å². The van der Waals surface area contributed by atoms with E-state index in [2.05, 4.69) is 80.7 Å². The first-order chi connectivity index (χ1) is 26.0. The molecule has 0 saturated carbocycles. The normalized spacial score (nSPS) is 14.4. The van der Waals surface area contributed by atoms with Crippen molar-refractivity contribution in [3.05, 3.63) is 72.9 Å². The molecule has 0 aliphatic heterocycles. The van der Waals surface area contributed by atoms with E-state index in [0.29, 0.717) is 23.9 Å². The number of hydrogen-bond donors (Lipinski definition) is 1. The highest BCUT2D eigenvalue weighted by molar-refractivity contribution is 7.47. The first-order valence-corrected chi connectivity index (χ1v) is 22.2. The molecule has 0 aromatic rings. The second kappa shape index (κ2) is 36.1. The summed E-state index contributed by atoms with van der Waals surface area (Å²) in [5, 5.41) is 0. The Bertz CT molecular complexity index is 1150. The Labute approximate surface area is 329 Å². The zero-order valence-corrected chi connectivity index (χ0v) is 35.6. The summed E-state index contributed by atoms with van der Waals surface area (Å²) in [6.45, 7) is 4.26. The molecule has 54 heavy (non-hydrogen) atoms. The summed E-state index contributed by atoms with van der Waals surface area (Å²) in [7, 11) is 1.43. The number of likely N-dealkylation sites (N-methyl/N-ethyl adjacent to an activating group) is 1. The van der Waals surface area contributed by atoms with Crippen molar-refractivity contribution in [1.29, 1.82) is 0 Å². The van der Waals surface area contributed by atoms with Crippen LogP contribution < -0.4 is 0 Å². The van der Waals surface area contributed by atoms with Gasteiger partial charge in [-0.3, -0.25) is 18.6 Å². The van der Waals surface area contributed by atoms with E-state index in [1.165, 1.54) is 38.5 Å². The van der Waals surface area contributed by atoms with Gasteiger partial charge < -0.3 is 18.9 Å². The Morgan fingerprint density at radius 2 is 1.00 bits per heavy atom. The summed E-state index contributed by atoms with van der Waals surface area (Å²) in [4.78, 5) is 35.3. The first kappa shape index (κ1) is 51.5. The van der Waals surface area contributed by atoms with Crippen LogP contribution in [-0.4, -0.2) is 74.9 Å². The van der Waals surface area contributed by atoms with Crippen molar-refractivity contribution in [3.8, 4) is 0 Å². The molecule has 0 aromatic carbocycles. The van der Waals surface area contributed by atoms with Gasteiger partial charge in [0.1, 0.15) is 19.8 Å². The van der Waals surface area contributed by atoms with E-state index in [1.54, 1.807) is 0 Å². The van der Waals surface area contributed by atoms with Crippen LogP contribution in [0.3, 0.4) is 0 Å². The van der Waals surface area contributed by atoms with Crippen LogP contribution in [0, 0.1) is 0 Å². The van der Waals surface area contributed by atoms with Gasteiger partial charge in [-0.1, -0.05) is 138 Å². The van der Waals surface area contributed by atoms with Crippen molar-refractivity contribution in [2.75, 3.05) is 47.5 Å². The molecule has 310 valence electrons. The van der Waals surface area contributed by atoms with E-state index in [0.717, 1.165) is 64.2 Å². The number of hydrogen-bond acceptors (Lipinski definition) is 7. The SMILES string of the molecule is CCCCC/C=C/C=C/C=C/CCCCCCC(=O)OCC(COP(=O)(O)OCC[N+](C)(C)C)OC(=O)CCCCCC/C=C/C=C/C=C/CCCCC. The van der Waals surface area contributed by atoms with E-state index in [-0.39, 0.29) is 26.1 Å². The van der Waals surface area contributed by atoms with Crippen molar-refractivity contribution >= 4 is 19.8 Å². The highest BCUT2D eigenvalue weighted by atomic mass is 31.2. The van der Waals surface area contributed by atoms with Gasteiger partial charge in [0, 0.05) is 12.8 Å². The van der Waals surface area contributed by atoms with Gasteiger partial charge in [0.05, 0.1) is 27.7 Å². The number of phosphoric ester groups is 1. The Kier molecular flexibility index (Phi) is 34.4. The molecule has 0 spiro atoms. The highest BCUT2D eigenvalue weighted by Gasteiger charge is 2.27. The van der Waals surface area contributed by atoms with Gasteiger partial charge in [-0.2, -0.15) is 0 Å². The number of quaternary nitrogens is 1. The van der Waals surface area contributed by atoms with Crippen molar-refractivity contribution < 1.29 is 42.1 Å². The third-order valence-corrected chi connectivity index (χ3v) is 9.32. The summed E-state index contributed by atoms with van der Waals surface area (Å²) in [5.74, 6) is -0.867. The molecule has 0 fully saturated rings. The van der Waals surface area contributed by atoms with Crippen LogP contribution in [0.25, 0.3) is 0 Å². The van der Waals surface area contributed by atoms with E-state index >= 15 is 0 Å². The van der Waals surface area contributed by atoms with Crippen molar-refractivity contribution in [3.63, 3.8) is 0 Å². The lowest BCUT2D eigenvalue weighted by molar-refractivity contribution is -0.870. The summed E-state index contributed by atoms with van der Waals surface area (Å²) in [5.41, 5.74) is 0. The molecule has 0 radical (unpaired) electrons. The standard InChI is InChI=1S/C44H76NO8P/c1-6-8-10-12-14-16-18-20-22-24-26-28-30-32-34-36-43(46)50-40-42(41-52-54(48,49)51-39-38-45(3,4)5)53-44(47)37-35-33-31-29-27-25-23-21-19-17-15-13-11-9-7-2/h14-25,42H,6-13,26-41H2,1-5H3/p+1/b16-14+,17-15+,20-18+,21-19+,24-22+,25-23+. The predicted molar refractivity (Wildman–Crippen MR) is 224 cm³/mol. The molecule has 2 atom stereocenters. The predicted octanol–water partition coefficient (Wildman–Crippen LogP) is 11.5. The number of carbonyl (C=O) groups is 2. The van der Waals surface area contributed by atoms with Gasteiger partial charge in [0.2, 0.25) is 0 Å². The third-order valence-electron chi connectivity index (χ3n) is 8.33. The molecule has 9 nitrogen and oxygen atoms in total. The maximum Gasteiger partial charge on any atom is 0.472 e. The molecule has 0 heterocycles. The van der Waals surface area contributed by atoms with Gasteiger partial charge >= 0.3 is 19.8 Å². The zero-order chi connectivity index (χ0) is 40.0.